The van der Waals surface area contributed by atoms with E-state index in [0.29, 0.717) is 35.4 Å². The Balaban J connectivity index is 1.60. The molecule has 2 aromatic carbocycles. The summed E-state index contributed by atoms with van der Waals surface area (Å²) in [4.78, 5) is 24.3. The summed E-state index contributed by atoms with van der Waals surface area (Å²) < 4.78 is 5.34. The van der Waals surface area contributed by atoms with Crippen LogP contribution >= 0.6 is 11.6 Å². The maximum Gasteiger partial charge on any atom is 0.353 e. The molecule has 0 bridgehead atoms. The van der Waals surface area contributed by atoms with Crippen molar-refractivity contribution in [1.82, 2.24) is 9.97 Å². The number of hydrogen-bond acceptors (Lipinski definition) is 8. The fourth-order valence-corrected chi connectivity index (χ4v) is 4.18. The van der Waals surface area contributed by atoms with E-state index in [2.05, 4.69) is 52.2 Å². The zero-order chi connectivity index (χ0) is 23.5. The SMILES string of the molecule is COc1ccc(Cl)cc1Nc1ncnc(N2CCN(c3cccc(C)c3C)CC2)c1[N+](=O)[O-]. The third-order valence-electron chi connectivity index (χ3n) is 5.90. The van der Waals surface area contributed by atoms with Gasteiger partial charge >= 0.3 is 5.69 Å². The molecule has 4 rings (SSSR count). The van der Waals surface area contributed by atoms with Gasteiger partial charge < -0.3 is 19.9 Å². The lowest BCUT2D eigenvalue weighted by atomic mass is 10.1. The summed E-state index contributed by atoms with van der Waals surface area (Å²) in [5.74, 6) is 0.873. The Morgan fingerprint density at radius 3 is 2.52 bits per heavy atom. The van der Waals surface area contributed by atoms with Crippen LogP contribution in [0.15, 0.2) is 42.7 Å². The number of aromatic nitrogens is 2. The minimum atomic E-state index is -0.453. The molecule has 0 saturated carbocycles. The van der Waals surface area contributed by atoms with E-state index in [-0.39, 0.29) is 11.5 Å². The van der Waals surface area contributed by atoms with Gasteiger partial charge in [0.15, 0.2) is 0 Å². The Bertz CT molecular complexity index is 1180. The minimum Gasteiger partial charge on any atom is -0.495 e. The van der Waals surface area contributed by atoms with Crippen molar-refractivity contribution >= 4 is 40.3 Å². The molecule has 9 nitrogen and oxygen atoms in total. The van der Waals surface area contributed by atoms with Crippen molar-refractivity contribution in [3.8, 4) is 5.75 Å². The molecule has 0 unspecified atom stereocenters. The second kappa shape index (κ2) is 9.50. The third-order valence-corrected chi connectivity index (χ3v) is 6.13. The molecule has 1 aliphatic rings. The smallest absolute Gasteiger partial charge is 0.353 e. The molecule has 172 valence electrons. The summed E-state index contributed by atoms with van der Waals surface area (Å²) >= 11 is 6.11. The van der Waals surface area contributed by atoms with Crippen molar-refractivity contribution in [3.63, 3.8) is 0 Å². The molecule has 3 aromatic rings. The summed E-state index contributed by atoms with van der Waals surface area (Å²) in [6.07, 6.45) is 1.33. The fraction of sp³-hybridized carbons (Fsp3) is 0.304. The van der Waals surface area contributed by atoms with E-state index in [4.69, 9.17) is 16.3 Å². The van der Waals surface area contributed by atoms with Crippen LogP contribution in [0.3, 0.4) is 0 Å². The lowest BCUT2D eigenvalue weighted by Crippen LogP contribution is -2.47. The van der Waals surface area contributed by atoms with Crippen LogP contribution in [0.5, 0.6) is 5.75 Å². The molecule has 0 amide bonds. The Kier molecular flexibility index (Phi) is 6.50. The van der Waals surface area contributed by atoms with E-state index in [0.717, 1.165) is 13.1 Å². The van der Waals surface area contributed by atoms with Gasteiger partial charge in [0.25, 0.3) is 0 Å². The van der Waals surface area contributed by atoms with E-state index in [1.807, 2.05) is 4.90 Å². The predicted molar refractivity (Wildman–Crippen MR) is 130 cm³/mol. The highest BCUT2D eigenvalue weighted by Crippen LogP contribution is 2.37. The van der Waals surface area contributed by atoms with Gasteiger partial charge in [0.1, 0.15) is 12.1 Å². The predicted octanol–water partition coefficient (Wildman–Crippen LogP) is 4.73. The summed E-state index contributed by atoms with van der Waals surface area (Å²) in [5.41, 5.74) is 3.99. The molecule has 0 atom stereocenters. The number of ether oxygens (including phenoxy) is 1. The molecule has 1 saturated heterocycles. The average Bonchev–Trinajstić information content (AvgIpc) is 2.81. The van der Waals surface area contributed by atoms with E-state index in [1.165, 1.54) is 30.3 Å². The van der Waals surface area contributed by atoms with Gasteiger partial charge in [0.05, 0.1) is 17.7 Å². The number of nitrogens with one attached hydrogen (secondary N) is 1. The van der Waals surface area contributed by atoms with Crippen molar-refractivity contribution < 1.29 is 9.66 Å². The van der Waals surface area contributed by atoms with Crippen molar-refractivity contribution in [1.29, 1.82) is 0 Å². The van der Waals surface area contributed by atoms with E-state index < -0.39 is 4.92 Å². The zero-order valence-electron chi connectivity index (χ0n) is 18.7. The van der Waals surface area contributed by atoms with Crippen molar-refractivity contribution in [3.05, 3.63) is 69.0 Å². The van der Waals surface area contributed by atoms with Crippen LogP contribution in [0, 0.1) is 24.0 Å². The van der Waals surface area contributed by atoms with Crippen LogP contribution in [0.25, 0.3) is 0 Å². The molecular formula is C23H25ClN6O3. The van der Waals surface area contributed by atoms with Gasteiger partial charge in [-0.15, -0.1) is 0 Å². The largest absolute Gasteiger partial charge is 0.495 e. The van der Waals surface area contributed by atoms with E-state index >= 15 is 0 Å². The first-order valence-corrected chi connectivity index (χ1v) is 10.9. The topological polar surface area (TPSA) is 96.7 Å². The molecule has 0 radical (unpaired) electrons. The van der Waals surface area contributed by atoms with Crippen LogP contribution in [0.1, 0.15) is 11.1 Å². The van der Waals surface area contributed by atoms with Crippen molar-refractivity contribution in [2.45, 2.75) is 13.8 Å². The van der Waals surface area contributed by atoms with Gasteiger partial charge in [0, 0.05) is 36.9 Å². The highest BCUT2D eigenvalue weighted by molar-refractivity contribution is 6.31. The number of anilines is 4. The van der Waals surface area contributed by atoms with Crippen LogP contribution < -0.4 is 19.9 Å². The fourth-order valence-electron chi connectivity index (χ4n) is 4.00. The second-order valence-electron chi connectivity index (χ2n) is 7.81. The van der Waals surface area contributed by atoms with Crippen molar-refractivity contribution in [2.24, 2.45) is 0 Å². The third kappa shape index (κ3) is 4.63. The number of benzene rings is 2. The Morgan fingerprint density at radius 1 is 1.09 bits per heavy atom. The van der Waals surface area contributed by atoms with Crippen LogP contribution in [-0.4, -0.2) is 48.2 Å². The minimum absolute atomic E-state index is 0.0857. The number of nitrogens with zero attached hydrogens (tertiary/aromatic N) is 5. The molecule has 1 N–H and O–H groups in total. The number of methoxy groups -OCH3 is 1. The summed E-state index contributed by atoms with van der Waals surface area (Å²) in [6.45, 7) is 6.89. The molecular weight excluding hydrogens is 444 g/mol. The standard InChI is InChI=1S/C23H25ClN6O3/c1-15-5-4-6-19(16(15)2)28-9-11-29(12-10-28)23-21(30(31)32)22(25-14-26-23)27-18-13-17(24)7-8-20(18)33-3/h4-8,13-14H,9-12H2,1-3H3,(H,25,26,27). The molecule has 1 aliphatic heterocycles. The number of nitro groups is 1. The Morgan fingerprint density at radius 2 is 1.82 bits per heavy atom. The normalized spacial score (nSPS) is 13.7. The maximum absolute atomic E-state index is 12.1. The molecule has 10 heteroatoms. The molecule has 2 heterocycles. The molecule has 0 aliphatic carbocycles. The van der Waals surface area contributed by atoms with E-state index in [9.17, 15) is 10.1 Å². The zero-order valence-corrected chi connectivity index (χ0v) is 19.5. The monoisotopic (exact) mass is 468 g/mol. The van der Waals surface area contributed by atoms with Crippen LogP contribution in [0.2, 0.25) is 5.02 Å². The van der Waals surface area contributed by atoms with Gasteiger partial charge in [-0.3, -0.25) is 10.1 Å². The molecule has 1 aromatic heterocycles. The molecule has 1 fully saturated rings. The average molecular weight is 469 g/mol. The van der Waals surface area contributed by atoms with Gasteiger partial charge in [-0.2, -0.15) is 0 Å². The summed E-state index contributed by atoms with van der Waals surface area (Å²) in [7, 11) is 1.52. The Hall–Kier alpha value is -3.59. The summed E-state index contributed by atoms with van der Waals surface area (Å²) in [5, 5.41) is 15.5. The number of piperazine rings is 1. The first kappa shape index (κ1) is 22.6. The highest BCUT2D eigenvalue weighted by Gasteiger charge is 2.30. The van der Waals surface area contributed by atoms with Gasteiger partial charge in [-0.25, -0.2) is 9.97 Å². The second-order valence-corrected chi connectivity index (χ2v) is 8.25. The Labute approximate surface area is 197 Å². The summed E-state index contributed by atoms with van der Waals surface area (Å²) in [6, 6.07) is 11.3. The van der Waals surface area contributed by atoms with Crippen LogP contribution in [0.4, 0.5) is 28.7 Å². The van der Waals surface area contributed by atoms with Crippen LogP contribution in [-0.2, 0) is 0 Å². The first-order valence-electron chi connectivity index (χ1n) is 10.5. The number of hydrogen-bond donors (Lipinski definition) is 1. The number of halogens is 1. The van der Waals surface area contributed by atoms with Gasteiger partial charge in [-0.05, 0) is 49.2 Å². The number of rotatable bonds is 6. The lowest BCUT2D eigenvalue weighted by molar-refractivity contribution is -0.383. The number of aryl methyl sites for hydroxylation is 1. The van der Waals surface area contributed by atoms with Gasteiger partial charge in [-0.1, -0.05) is 23.7 Å². The highest BCUT2D eigenvalue weighted by atomic mass is 35.5. The molecule has 0 spiro atoms. The first-order chi connectivity index (χ1) is 15.9. The maximum atomic E-state index is 12.1. The molecule has 33 heavy (non-hydrogen) atoms. The van der Waals surface area contributed by atoms with Gasteiger partial charge in [0.2, 0.25) is 11.6 Å². The van der Waals surface area contributed by atoms with Crippen molar-refractivity contribution in [2.75, 3.05) is 48.4 Å². The lowest BCUT2D eigenvalue weighted by Gasteiger charge is -2.37. The quantitative estimate of drug-likeness (QED) is 0.409. The van der Waals surface area contributed by atoms with E-state index in [1.54, 1.807) is 18.2 Å².